The van der Waals surface area contributed by atoms with Crippen molar-refractivity contribution in [1.82, 2.24) is 14.9 Å². The first kappa shape index (κ1) is 9.36. The molecule has 0 aliphatic carbocycles. The highest BCUT2D eigenvalue weighted by atomic mass is 16.1. The van der Waals surface area contributed by atoms with Gasteiger partial charge in [-0.1, -0.05) is 6.92 Å². The van der Waals surface area contributed by atoms with Crippen LogP contribution in [0.15, 0.2) is 4.79 Å². The molecule has 76 valence electrons. The first-order valence-corrected chi connectivity index (χ1v) is 4.78. The number of nitrogens with one attached hydrogen (secondary N) is 1. The normalized spacial score (nSPS) is 15.9. The summed E-state index contributed by atoms with van der Waals surface area (Å²) < 4.78 is 0. The van der Waals surface area contributed by atoms with Crippen molar-refractivity contribution in [3.05, 3.63) is 27.4 Å². The van der Waals surface area contributed by atoms with Crippen molar-refractivity contribution in [2.45, 2.75) is 26.6 Å². The Morgan fingerprint density at radius 1 is 1.57 bits per heavy atom. The summed E-state index contributed by atoms with van der Waals surface area (Å²) in [5.41, 5.74) is 7.08. The molecule has 3 N–H and O–H groups in total. The van der Waals surface area contributed by atoms with E-state index >= 15 is 0 Å². The molecular weight excluding hydrogens is 180 g/mol. The van der Waals surface area contributed by atoms with Gasteiger partial charge in [-0.2, -0.15) is 0 Å². The van der Waals surface area contributed by atoms with Crippen LogP contribution in [0.1, 0.15) is 24.0 Å². The largest absolute Gasteiger partial charge is 0.324 e. The highest BCUT2D eigenvalue weighted by Gasteiger charge is 2.22. The Balaban J connectivity index is 2.42. The van der Waals surface area contributed by atoms with Gasteiger partial charge in [-0.25, -0.2) is 4.98 Å². The van der Waals surface area contributed by atoms with Crippen LogP contribution in [-0.4, -0.2) is 21.4 Å². The van der Waals surface area contributed by atoms with Crippen molar-refractivity contribution in [2.24, 2.45) is 5.73 Å². The van der Waals surface area contributed by atoms with E-state index in [1.165, 1.54) is 0 Å². The van der Waals surface area contributed by atoms with E-state index in [1.807, 2.05) is 0 Å². The maximum Gasteiger partial charge on any atom is 0.255 e. The number of nitrogens with two attached hydrogens (primary N) is 1. The van der Waals surface area contributed by atoms with Crippen LogP contribution >= 0.6 is 0 Å². The van der Waals surface area contributed by atoms with E-state index in [4.69, 9.17) is 5.73 Å². The minimum Gasteiger partial charge on any atom is -0.324 e. The van der Waals surface area contributed by atoms with Gasteiger partial charge in [-0.3, -0.25) is 9.69 Å². The molecule has 0 amide bonds. The Bertz CT molecular complexity index is 398. The quantitative estimate of drug-likeness (QED) is 0.669. The lowest BCUT2D eigenvalue weighted by Crippen LogP contribution is -2.19. The standard InChI is InChI=1S/C9H14N4O/c1-2-13-4-6-7(5-13)11-8(3-10)12-9(6)14/h2-5,10H2,1H3,(H,11,12,14). The number of H-pyrrole nitrogens is 1. The number of aromatic nitrogens is 2. The molecule has 1 aromatic rings. The summed E-state index contributed by atoms with van der Waals surface area (Å²) in [4.78, 5) is 20.7. The molecule has 0 fully saturated rings. The van der Waals surface area contributed by atoms with Gasteiger partial charge in [0, 0.05) is 13.1 Å². The lowest BCUT2D eigenvalue weighted by atomic mass is 10.3. The molecule has 0 saturated heterocycles. The van der Waals surface area contributed by atoms with Crippen LogP contribution in [-0.2, 0) is 19.6 Å². The highest BCUT2D eigenvalue weighted by Crippen LogP contribution is 2.16. The smallest absolute Gasteiger partial charge is 0.255 e. The molecule has 0 atom stereocenters. The predicted molar refractivity (Wildman–Crippen MR) is 52.5 cm³/mol. The minimum atomic E-state index is -0.0357. The van der Waals surface area contributed by atoms with Crippen molar-refractivity contribution >= 4 is 0 Å². The summed E-state index contributed by atoms with van der Waals surface area (Å²) in [6.45, 7) is 4.77. The molecule has 0 spiro atoms. The maximum absolute atomic E-state index is 11.6. The maximum atomic E-state index is 11.6. The molecule has 2 heterocycles. The number of fused-ring (bicyclic) bond motifs is 1. The van der Waals surface area contributed by atoms with Crippen LogP contribution < -0.4 is 11.3 Å². The summed E-state index contributed by atoms with van der Waals surface area (Å²) in [5.74, 6) is 0.576. The molecule has 1 aliphatic heterocycles. The number of rotatable bonds is 2. The first-order chi connectivity index (χ1) is 6.74. The monoisotopic (exact) mass is 194 g/mol. The van der Waals surface area contributed by atoms with E-state index in [1.54, 1.807) is 0 Å². The average Bonchev–Trinajstić information content (AvgIpc) is 2.61. The fourth-order valence-corrected chi connectivity index (χ4v) is 1.70. The second-order valence-electron chi connectivity index (χ2n) is 3.45. The van der Waals surface area contributed by atoms with Crippen molar-refractivity contribution in [1.29, 1.82) is 0 Å². The topological polar surface area (TPSA) is 75.0 Å². The van der Waals surface area contributed by atoms with Gasteiger partial charge >= 0.3 is 0 Å². The fourth-order valence-electron chi connectivity index (χ4n) is 1.70. The predicted octanol–water partition coefficient (Wildman–Crippen LogP) is -0.436. The molecule has 0 bridgehead atoms. The van der Waals surface area contributed by atoms with Gasteiger partial charge in [-0.05, 0) is 6.54 Å². The van der Waals surface area contributed by atoms with E-state index in [9.17, 15) is 4.79 Å². The van der Waals surface area contributed by atoms with Gasteiger partial charge in [-0.15, -0.1) is 0 Å². The Hall–Kier alpha value is -1.20. The molecule has 0 radical (unpaired) electrons. The van der Waals surface area contributed by atoms with Crippen LogP contribution in [0.5, 0.6) is 0 Å². The molecule has 0 saturated carbocycles. The molecule has 0 aromatic carbocycles. The second kappa shape index (κ2) is 3.51. The van der Waals surface area contributed by atoms with Gasteiger partial charge in [0.25, 0.3) is 5.56 Å². The van der Waals surface area contributed by atoms with Crippen LogP contribution in [0.25, 0.3) is 0 Å². The average molecular weight is 194 g/mol. The lowest BCUT2D eigenvalue weighted by molar-refractivity contribution is 0.299. The third-order valence-corrected chi connectivity index (χ3v) is 2.55. The number of nitrogens with zero attached hydrogens (tertiary/aromatic N) is 2. The Morgan fingerprint density at radius 2 is 2.36 bits per heavy atom. The molecule has 14 heavy (non-hydrogen) atoms. The van der Waals surface area contributed by atoms with Crippen molar-refractivity contribution in [3.63, 3.8) is 0 Å². The summed E-state index contributed by atoms with van der Waals surface area (Å²) in [7, 11) is 0. The van der Waals surface area contributed by atoms with Crippen molar-refractivity contribution in [3.8, 4) is 0 Å². The molecule has 0 unspecified atom stereocenters. The summed E-state index contributed by atoms with van der Waals surface area (Å²) in [6, 6.07) is 0. The van der Waals surface area contributed by atoms with E-state index in [-0.39, 0.29) is 12.1 Å². The third-order valence-electron chi connectivity index (χ3n) is 2.55. The Labute approximate surface area is 82.0 Å². The van der Waals surface area contributed by atoms with Crippen LogP contribution in [0.2, 0.25) is 0 Å². The zero-order valence-corrected chi connectivity index (χ0v) is 8.21. The molecule has 2 rings (SSSR count). The Morgan fingerprint density at radius 3 is 3.00 bits per heavy atom. The van der Waals surface area contributed by atoms with E-state index in [0.29, 0.717) is 12.4 Å². The van der Waals surface area contributed by atoms with Gasteiger partial charge in [0.2, 0.25) is 0 Å². The van der Waals surface area contributed by atoms with Crippen LogP contribution in [0.4, 0.5) is 0 Å². The van der Waals surface area contributed by atoms with Crippen LogP contribution in [0, 0.1) is 0 Å². The molecular formula is C9H14N4O. The van der Waals surface area contributed by atoms with Gasteiger partial charge in [0.1, 0.15) is 5.82 Å². The number of hydrogen-bond acceptors (Lipinski definition) is 4. The number of aromatic amines is 1. The van der Waals surface area contributed by atoms with Gasteiger partial charge < -0.3 is 10.7 Å². The summed E-state index contributed by atoms with van der Waals surface area (Å²) >= 11 is 0. The molecule has 5 nitrogen and oxygen atoms in total. The van der Waals surface area contributed by atoms with Gasteiger partial charge in [0.15, 0.2) is 0 Å². The second-order valence-corrected chi connectivity index (χ2v) is 3.45. The first-order valence-electron chi connectivity index (χ1n) is 4.78. The molecule has 5 heteroatoms. The molecule has 1 aliphatic rings. The zero-order valence-electron chi connectivity index (χ0n) is 8.21. The fraction of sp³-hybridized carbons (Fsp3) is 0.556. The Kier molecular flexibility index (Phi) is 2.35. The van der Waals surface area contributed by atoms with E-state index in [0.717, 1.165) is 24.3 Å². The summed E-state index contributed by atoms with van der Waals surface area (Å²) in [6.07, 6.45) is 0. The molecule has 1 aromatic heterocycles. The van der Waals surface area contributed by atoms with E-state index < -0.39 is 0 Å². The third kappa shape index (κ3) is 1.44. The zero-order chi connectivity index (χ0) is 10.1. The number of hydrogen-bond donors (Lipinski definition) is 2. The minimum absolute atomic E-state index is 0.0357. The lowest BCUT2D eigenvalue weighted by Gasteiger charge is -2.08. The van der Waals surface area contributed by atoms with Crippen molar-refractivity contribution in [2.75, 3.05) is 6.54 Å². The highest BCUT2D eigenvalue weighted by molar-refractivity contribution is 5.21. The summed E-state index contributed by atoms with van der Waals surface area (Å²) in [5, 5.41) is 0. The van der Waals surface area contributed by atoms with E-state index in [2.05, 4.69) is 21.8 Å². The van der Waals surface area contributed by atoms with Crippen LogP contribution in [0.3, 0.4) is 0 Å². The van der Waals surface area contributed by atoms with Gasteiger partial charge in [0.05, 0.1) is 17.8 Å². The van der Waals surface area contributed by atoms with Crippen molar-refractivity contribution < 1.29 is 0 Å². The SMILES string of the molecule is CCN1Cc2nc(CN)[nH]c(=O)c2C1.